The summed E-state index contributed by atoms with van der Waals surface area (Å²) in [5.74, 6) is -0.287. The number of thioether (sulfide) groups is 1. The Labute approximate surface area is 147 Å². The predicted octanol–water partition coefficient (Wildman–Crippen LogP) is 2.17. The Morgan fingerprint density at radius 3 is 2.70 bits per heavy atom. The summed E-state index contributed by atoms with van der Waals surface area (Å²) in [4.78, 5) is 36.0. The number of carbonyl (C=O) groups excluding carboxylic acids is 3. The highest BCUT2D eigenvalue weighted by Crippen LogP contribution is 2.20. The van der Waals surface area contributed by atoms with Crippen LogP contribution in [-0.4, -0.2) is 47.8 Å². The summed E-state index contributed by atoms with van der Waals surface area (Å²) in [6, 6.07) is 7.40. The van der Waals surface area contributed by atoms with E-state index in [1.807, 2.05) is 24.3 Å². The third-order valence-electron chi connectivity index (χ3n) is 3.24. The molecule has 0 aliphatic carbocycles. The van der Waals surface area contributed by atoms with Crippen molar-refractivity contribution in [2.45, 2.75) is 17.9 Å². The van der Waals surface area contributed by atoms with Crippen LogP contribution in [0.4, 0.5) is 4.79 Å². The standard InChI is InChI=1S/C15H17BrN2O4S/c1-10(23-9-11-2-4-12(16)5-3-11)14(20)22-8-13(19)18-7-6-17-15(18)21/h2-5,10H,6-9H2,1H3,(H,17,21)/t10-/m1/s1. The lowest BCUT2D eigenvalue weighted by Crippen LogP contribution is -2.37. The molecule has 8 heteroatoms. The quantitative estimate of drug-likeness (QED) is 0.740. The molecule has 2 rings (SSSR count). The van der Waals surface area contributed by atoms with Gasteiger partial charge in [0.2, 0.25) is 0 Å². The van der Waals surface area contributed by atoms with Gasteiger partial charge in [-0.05, 0) is 24.6 Å². The Morgan fingerprint density at radius 1 is 1.39 bits per heavy atom. The number of hydrogen-bond donors (Lipinski definition) is 1. The molecule has 1 aliphatic heterocycles. The van der Waals surface area contributed by atoms with Crippen LogP contribution in [0.3, 0.4) is 0 Å². The minimum absolute atomic E-state index is 0.309. The largest absolute Gasteiger partial charge is 0.455 e. The van der Waals surface area contributed by atoms with Crippen molar-refractivity contribution in [3.05, 3.63) is 34.3 Å². The number of halogens is 1. The maximum Gasteiger partial charge on any atom is 0.324 e. The Balaban J connectivity index is 1.73. The summed E-state index contributed by atoms with van der Waals surface area (Å²) in [5.41, 5.74) is 1.10. The molecule has 1 aromatic rings. The molecule has 1 saturated heterocycles. The fourth-order valence-electron chi connectivity index (χ4n) is 1.91. The summed E-state index contributed by atoms with van der Waals surface area (Å²) >= 11 is 4.80. The Kier molecular flexibility index (Phi) is 6.47. The van der Waals surface area contributed by atoms with Gasteiger partial charge in [0.15, 0.2) is 6.61 Å². The molecule has 0 saturated carbocycles. The van der Waals surface area contributed by atoms with Gasteiger partial charge in [-0.2, -0.15) is 0 Å². The molecule has 1 fully saturated rings. The average molecular weight is 401 g/mol. The lowest BCUT2D eigenvalue weighted by Gasteiger charge is -2.14. The topological polar surface area (TPSA) is 75.7 Å². The zero-order chi connectivity index (χ0) is 16.8. The number of hydrogen-bond acceptors (Lipinski definition) is 5. The lowest BCUT2D eigenvalue weighted by atomic mass is 10.2. The van der Waals surface area contributed by atoms with E-state index in [0.717, 1.165) is 14.9 Å². The van der Waals surface area contributed by atoms with Crippen LogP contribution in [0.25, 0.3) is 0 Å². The second-order valence-corrected chi connectivity index (χ2v) is 7.21. The highest BCUT2D eigenvalue weighted by atomic mass is 79.9. The first-order chi connectivity index (χ1) is 11.0. The molecule has 1 atom stereocenters. The zero-order valence-corrected chi connectivity index (χ0v) is 15.0. The first-order valence-electron chi connectivity index (χ1n) is 7.08. The molecule has 1 aliphatic rings. The van der Waals surface area contributed by atoms with E-state index in [1.54, 1.807) is 6.92 Å². The molecular weight excluding hydrogens is 384 g/mol. The van der Waals surface area contributed by atoms with Crippen molar-refractivity contribution in [2.24, 2.45) is 0 Å². The van der Waals surface area contributed by atoms with Gasteiger partial charge in [0, 0.05) is 23.3 Å². The van der Waals surface area contributed by atoms with Crippen molar-refractivity contribution in [3.8, 4) is 0 Å². The normalized spacial score (nSPS) is 15.2. The van der Waals surface area contributed by atoms with E-state index in [1.165, 1.54) is 11.8 Å². The molecule has 0 spiro atoms. The molecular formula is C15H17BrN2O4S. The van der Waals surface area contributed by atoms with Gasteiger partial charge in [0.1, 0.15) is 0 Å². The van der Waals surface area contributed by atoms with E-state index in [9.17, 15) is 14.4 Å². The van der Waals surface area contributed by atoms with E-state index in [2.05, 4.69) is 21.2 Å². The van der Waals surface area contributed by atoms with E-state index in [4.69, 9.17) is 4.74 Å². The zero-order valence-electron chi connectivity index (χ0n) is 12.6. The number of amides is 3. The van der Waals surface area contributed by atoms with Crippen molar-refractivity contribution < 1.29 is 19.1 Å². The van der Waals surface area contributed by atoms with Crippen LogP contribution in [0.15, 0.2) is 28.7 Å². The maximum atomic E-state index is 11.9. The van der Waals surface area contributed by atoms with Crippen LogP contribution < -0.4 is 5.32 Å². The number of urea groups is 1. The summed E-state index contributed by atoms with van der Waals surface area (Å²) in [5, 5.41) is 2.13. The van der Waals surface area contributed by atoms with Gasteiger partial charge in [0.25, 0.3) is 5.91 Å². The number of rotatable bonds is 6. The first-order valence-corrected chi connectivity index (χ1v) is 8.92. The summed E-state index contributed by atoms with van der Waals surface area (Å²) in [7, 11) is 0. The molecule has 6 nitrogen and oxygen atoms in total. The first kappa shape index (κ1) is 17.8. The van der Waals surface area contributed by atoms with Crippen LogP contribution in [0.5, 0.6) is 0 Å². The van der Waals surface area contributed by atoms with Gasteiger partial charge in [-0.15, -0.1) is 11.8 Å². The Morgan fingerprint density at radius 2 is 2.09 bits per heavy atom. The molecule has 23 heavy (non-hydrogen) atoms. The number of esters is 1. The monoisotopic (exact) mass is 400 g/mol. The number of ether oxygens (including phenoxy) is 1. The van der Waals surface area contributed by atoms with Gasteiger partial charge in [0.05, 0.1) is 5.25 Å². The summed E-state index contributed by atoms with van der Waals surface area (Å²) in [6.07, 6.45) is 0. The predicted molar refractivity (Wildman–Crippen MR) is 91.0 cm³/mol. The average Bonchev–Trinajstić information content (AvgIpc) is 2.97. The van der Waals surface area contributed by atoms with Gasteiger partial charge in [-0.3, -0.25) is 14.5 Å². The van der Waals surface area contributed by atoms with Crippen molar-refractivity contribution in [2.75, 3.05) is 19.7 Å². The van der Waals surface area contributed by atoms with Gasteiger partial charge < -0.3 is 10.1 Å². The van der Waals surface area contributed by atoms with Crippen LogP contribution in [0.2, 0.25) is 0 Å². The minimum Gasteiger partial charge on any atom is -0.455 e. The number of imide groups is 1. The molecule has 1 aromatic carbocycles. The number of nitrogens with one attached hydrogen (secondary N) is 1. The molecule has 0 unspecified atom stereocenters. The van der Waals surface area contributed by atoms with Crippen molar-refractivity contribution in [1.29, 1.82) is 0 Å². The molecule has 124 valence electrons. The molecule has 0 bridgehead atoms. The highest BCUT2D eigenvalue weighted by Gasteiger charge is 2.27. The van der Waals surface area contributed by atoms with Crippen molar-refractivity contribution in [3.63, 3.8) is 0 Å². The van der Waals surface area contributed by atoms with E-state index in [0.29, 0.717) is 18.8 Å². The van der Waals surface area contributed by atoms with Crippen LogP contribution >= 0.6 is 27.7 Å². The van der Waals surface area contributed by atoms with Crippen LogP contribution in [0, 0.1) is 0 Å². The Bertz CT molecular complexity index is 594. The Hall–Kier alpha value is -1.54. The number of nitrogens with zero attached hydrogens (tertiary/aromatic N) is 1. The maximum absolute atomic E-state index is 11.9. The lowest BCUT2D eigenvalue weighted by molar-refractivity contribution is -0.149. The molecule has 0 radical (unpaired) electrons. The molecule has 0 aromatic heterocycles. The van der Waals surface area contributed by atoms with E-state index >= 15 is 0 Å². The van der Waals surface area contributed by atoms with Gasteiger partial charge in [-0.25, -0.2) is 4.79 Å². The van der Waals surface area contributed by atoms with Gasteiger partial charge in [-0.1, -0.05) is 28.1 Å². The second kappa shape index (κ2) is 8.35. The second-order valence-electron chi connectivity index (χ2n) is 4.96. The SMILES string of the molecule is C[C@@H](SCc1ccc(Br)cc1)C(=O)OCC(=O)N1CCNC1=O. The van der Waals surface area contributed by atoms with Gasteiger partial charge >= 0.3 is 12.0 Å². The highest BCUT2D eigenvalue weighted by molar-refractivity contribution is 9.10. The van der Waals surface area contributed by atoms with Crippen LogP contribution in [-0.2, 0) is 20.1 Å². The van der Waals surface area contributed by atoms with Crippen molar-refractivity contribution in [1.82, 2.24) is 10.2 Å². The number of benzene rings is 1. The smallest absolute Gasteiger partial charge is 0.324 e. The van der Waals surface area contributed by atoms with E-state index in [-0.39, 0.29) is 5.25 Å². The van der Waals surface area contributed by atoms with Crippen molar-refractivity contribution >= 4 is 45.6 Å². The molecule has 3 amide bonds. The third-order valence-corrected chi connectivity index (χ3v) is 4.96. The van der Waals surface area contributed by atoms with E-state index < -0.39 is 24.5 Å². The minimum atomic E-state index is -0.501. The fourth-order valence-corrected chi connectivity index (χ4v) is 3.01. The number of carbonyl (C=O) groups is 3. The summed E-state index contributed by atoms with van der Waals surface area (Å²) < 4.78 is 6.00. The summed E-state index contributed by atoms with van der Waals surface area (Å²) in [6.45, 7) is 2.06. The fraction of sp³-hybridized carbons (Fsp3) is 0.400. The molecule has 1 N–H and O–H groups in total. The molecule has 1 heterocycles. The van der Waals surface area contributed by atoms with Crippen LogP contribution in [0.1, 0.15) is 12.5 Å². The third kappa shape index (κ3) is 5.24.